The van der Waals surface area contributed by atoms with Crippen LogP contribution in [0, 0.1) is 0 Å². The standard InChI is InChI=1S/C13H27F3N4.HI/c1-4-6-8-18-12(17-5-2)19-9-7-10-20(3)11-13(14,15)16;/h4-11H2,1-3H3,(H2,17,18,19);1H. The molecule has 21 heavy (non-hydrogen) atoms. The average molecular weight is 424 g/mol. The summed E-state index contributed by atoms with van der Waals surface area (Å²) in [5.74, 6) is 0.736. The molecule has 0 heterocycles. The predicted octanol–water partition coefficient (Wildman–Crippen LogP) is 2.84. The Morgan fingerprint density at radius 3 is 2.33 bits per heavy atom. The Hall–Kier alpha value is -0.250. The summed E-state index contributed by atoms with van der Waals surface area (Å²) in [5.41, 5.74) is 0. The molecule has 0 saturated heterocycles. The van der Waals surface area contributed by atoms with Crippen molar-refractivity contribution in [3.63, 3.8) is 0 Å². The molecule has 128 valence electrons. The fraction of sp³-hybridized carbons (Fsp3) is 0.923. The first-order valence-electron chi connectivity index (χ1n) is 7.16. The molecule has 0 rings (SSSR count). The van der Waals surface area contributed by atoms with Crippen molar-refractivity contribution < 1.29 is 13.2 Å². The molecule has 2 N–H and O–H groups in total. The fourth-order valence-corrected chi connectivity index (χ4v) is 1.64. The third kappa shape index (κ3) is 16.0. The van der Waals surface area contributed by atoms with Crippen LogP contribution in [0.2, 0.25) is 0 Å². The average Bonchev–Trinajstić information content (AvgIpc) is 2.32. The zero-order valence-electron chi connectivity index (χ0n) is 13.1. The van der Waals surface area contributed by atoms with Crippen molar-refractivity contribution in [1.82, 2.24) is 15.5 Å². The number of nitrogens with one attached hydrogen (secondary N) is 2. The summed E-state index contributed by atoms with van der Waals surface area (Å²) < 4.78 is 36.4. The number of halogens is 4. The van der Waals surface area contributed by atoms with E-state index in [4.69, 9.17) is 0 Å². The van der Waals surface area contributed by atoms with E-state index >= 15 is 0 Å². The number of hydrogen-bond acceptors (Lipinski definition) is 2. The molecule has 0 saturated carbocycles. The number of guanidine groups is 1. The van der Waals surface area contributed by atoms with Crippen LogP contribution in [0.1, 0.15) is 33.1 Å². The van der Waals surface area contributed by atoms with Gasteiger partial charge in [-0.25, -0.2) is 0 Å². The van der Waals surface area contributed by atoms with Crippen molar-refractivity contribution in [2.75, 3.05) is 39.8 Å². The molecule has 0 aromatic carbocycles. The molecule has 0 aliphatic carbocycles. The lowest BCUT2D eigenvalue weighted by Crippen LogP contribution is -2.38. The van der Waals surface area contributed by atoms with E-state index in [0.29, 0.717) is 19.5 Å². The Labute approximate surface area is 143 Å². The first-order chi connectivity index (χ1) is 9.39. The third-order valence-electron chi connectivity index (χ3n) is 2.58. The van der Waals surface area contributed by atoms with Gasteiger partial charge >= 0.3 is 6.18 Å². The summed E-state index contributed by atoms with van der Waals surface area (Å²) in [6.07, 6.45) is -1.35. The van der Waals surface area contributed by atoms with Crippen molar-refractivity contribution in [2.45, 2.75) is 39.3 Å². The molecule has 0 unspecified atom stereocenters. The molecule has 0 aromatic heterocycles. The maximum absolute atomic E-state index is 12.1. The Bertz CT molecular complexity index is 273. The Morgan fingerprint density at radius 2 is 1.81 bits per heavy atom. The van der Waals surface area contributed by atoms with Gasteiger partial charge in [0.25, 0.3) is 0 Å². The van der Waals surface area contributed by atoms with Crippen LogP contribution < -0.4 is 10.6 Å². The lowest BCUT2D eigenvalue weighted by Gasteiger charge is -2.18. The summed E-state index contributed by atoms with van der Waals surface area (Å²) in [4.78, 5) is 5.61. The van der Waals surface area contributed by atoms with Crippen LogP contribution in [0.3, 0.4) is 0 Å². The van der Waals surface area contributed by atoms with Crippen LogP contribution in [0.5, 0.6) is 0 Å². The highest BCUT2D eigenvalue weighted by Gasteiger charge is 2.28. The van der Waals surface area contributed by atoms with Crippen LogP contribution >= 0.6 is 24.0 Å². The zero-order chi connectivity index (χ0) is 15.4. The van der Waals surface area contributed by atoms with Crippen LogP contribution in [-0.4, -0.2) is 56.8 Å². The number of nitrogens with zero attached hydrogens (tertiary/aromatic N) is 2. The molecule has 0 amide bonds. The second kappa shape index (κ2) is 13.4. The predicted molar refractivity (Wildman–Crippen MR) is 92.5 cm³/mol. The minimum absolute atomic E-state index is 0. The lowest BCUT2D eigenvalue weighted by molar-refractivity contribution is -0.143. The van der Waals surface area contributed by atoms with Gasteiger partial charge in [0.1, 0.15) is 0 Å². The van der Waals surface area contributed by atoms with Gasteiger partial charge in [-0.15, -0.1) is 24.0 Å². The number of unbranched alkanes of at least 4 members (excludes halogenated alkanes) is 1. The van der Waals surface area contributed by atoms with Crippen molar-refractivity contribution in [3.8, 4) is 0 Å². The summed E-state index contributed by atoms with van der Waals surface area (Å²) in [7, 11) is 1.47. The summed E-state index contributed by atoms with van der Waals surface area (Å²) in [6, 6.07) is 0. The highest BCUT2D eigenvalue weighted by molar-refractivity contribution is 14.0. The van der Waals surface area contributed by atoms with Gasteiger partial charge in [-0.1, -0.05) is 13.3 Å². The van der Waals surface area contributed by atoms with Gasteiger partial charge in [0.15, 0.2) is 5.96 Å². The van der Waals surface area contributed by atoms with Crippen molar-refractivity contribution in [2.24, 2.45) is 4.99 Å². The van der Waals surface area contributed by atoms with Crippen LogP contribution in [0.15, 0.2) is 4.99 Å². The highest BCUT2D eigenvalue weighted by Crippen LogP contribution is 2.15. The normalized spacial score (nSPS) is 12.2. The van der Waals surface area contributed by atoms with Crippen LogP contribution in [0.4, 0.5) is 13.2 Å². The van der Waals surface area contributed by atoms with E-state index in [1.54, 1.807) is 0 Å². The minimum atomic E-state index is -4.13. The fourth-order valence-electron chi connectivity index (χ4n) is 1.64. The summed E-state index contributed by atoms with van der Waals surface area (Å²) in [6.45, 7) is 5.76. The van der Waals surface area contributed by atoms with E-state index in [1.807, 2.05) is 6.92 Å². The monoisotopic (exact) mass is 424 g/mol. The van der Waals surface area contributed by atoms with Gasteiger partial charge in [0, 0.05) is 19.6 Å². The second-order valence-electron chi connectivity index (χ2n) is 4.75. The van der Waals surface area contributed by atoms with E-state index in [9.17, 15) is 13.2 Å². The van der Waals surface area contributed by atoms with Gasteiger partial charge in [0.2, 0.25) is 0 Å². The number of aliphatic imine (C=N–C) groups is 1. The molecule has 0 aromatic rings. The highest BCUT2D eigenvalue weighted by atomic mass is 127. The maximum Gasteiger partial charge on any atom is 0.401 e. The minimum Gasteiger partial charge on any atom is -0.357 e. The molecule has 0 spiro atoms. The van der Waals surface area contributed by atoms with Crippen LogP contribution in [-0.2, 0) is 0 Å². The Kier molecular flexibility index (Phi) is 14.7. The molecule has 0 bridgehead atoms. The second-order valence-corrected chi connectivity index (χ2v) is 4.75. The van der Waals surface area contributed by atoms with Crippen molar-refractivity contribution in [3.05, 3.63) is 0 Å². The molecular weight excluding hydrogens is 396 g/mol. The van der Waals surface area contributed by atoms with E-state index < -0.39 is 12.7 Å². The largest absolute Gasteiger partial charge is 0.401 e. The molecule has 0 aliphatic rings. The van der Waals surface area contributed by atoms with Crippen LogP contribution in [0.25, 0.3) is 0 Å². The number of hydrogen-bond donors (Lipinski definition) is 2. The molecule has 4 nitrogen and oxygen atoms in total. The molecule has 0 atom stereocenters. The van der Waals surface area contributed by atoms with Crippen molar-refractivity contribution >= 4 is 29.9 Å². The third-order valence-corrected chi connectivity index (χ3v) is 2.58. The van der Waals surface area contributed by atoms with Gasteiger partial charge in [-0.05, 0) is 33.4 Å². The lowest BCUT2D eigenvalue weighted by atomic mass is 10.3. The molecule has 0 fully saturated rings. The van der Waals surface area contributed by atoms with Gasteiger partial charge < -0.3 is 10.6 Å². The number of rotatable bonds is 9. The topological polar surface area (TPSA) is 39.7 Å². The van der Waals surface area contributed by atoms with E-state index in [-0.39, 0.29) is 24.0 Å². The SMILES string of the molecule is CCCCNC(=NCCCN(C)CC(F)(F)F)NCC.I. The first-order valence-corrected chi connectivity index (χ1v) is 7.16. The van der Waals surface area contributed by atoms with E-state index in [0.717, 1.165) is 31.9 Å². The van der Waals surface area contributed by atoms with Crippen molar-refractivity contribution in [1.29, 1.82) is 0 Å². The molecule has 8 heteroatoms. The molecular formula is C13H28F3IN4. The summed E-state index contributed by atoms with van der Waals surface area (Å²) >= 11 is 0. The Morgan fingerprint density at radius 1 is 1.14 bits per heavy atom. The molecule has 0 aliphatic heterocycles. The maximum atomic E-state index is 12.1. The quantitative estimate of drug-likeness (QED) is 0.259. The zero-order valence-corrected chi connectivity index (χ0v) is 15.4. The van der Waals surface area contributed by atoms with Gasteiger partial charge in [-0.3, -0.25) is 9.89 Å². The van der Waals surface area contributed by atoms with Gasteiger partial charge in [-0.2, -0.15) is 13.2 Å². The van der Waals surface area contributed by atoms with Gasteiger partial charge in [0.05, 0.1) is 6.54 Å². The first kappa shape index (κ1) is 23.0. The summed E-state index contributed by atoms with van der Waals surface area (Å²) in [5, 5.41) is 6.31. The number of alkyl halides is 3. The smallest absolute Gasteiger partial charge is 0.357 e. The molecule has 0 radical (unpaired) electrons. The Balaban J connectivity index is 0. The van der Waals surface area contributed by atoms with E-state index in [2.05, 4.69) is 22.5 Å². The van der Waals surface area contributed by atoms with E-state index in [1.165, 1.54) is 11.9 Å².